The molecule has 0 aromatic heterocycles. The van der Waals surface area contributed by atoms with Crippen LogP contribution in [0.3, 0.4) is 0 Å². The minimum absolute atomic E-state index is 0.0314. The van der Waals surface area contributed by atoms with Crippen molar-refractivity contribution < 1.29 is 20.1 Å². The number of hydrazine groups is 1. The maximum atomic E-state index is 10.2. The van der Waals surface area contributed by atoms with E-state index in [4.69, 9.17) is 4.74 Å². The lowest BCUT2D eigenvalue weighted by Gasteiger charge is -2.36. The lowest BCUT2D eigenvalue weighted by atomic mass is 9.87. The fourth-order valence-corrected chi connectivity index (χ4v) is 4.39. The first-order chi connectivity index (χ1) is 15.0. The lowest BCUT2D eigenvalue weighted by molar-refractivity contribution is 0.109. The second-order valence-corrected chi connectivity index (χ2v) is 8.39. The van der Waals surface area contributed by atoms with Gasteiger partial charge in [-0.25, -0.2) is 5.01 Å². The van der Waals surface area contributed by atoms with Crippen molar-refractivity contribution in [1.29, 1.82) is 0 Å². The number of nitrogens with zero attached hydrogens (tertiary/aromatic N) is 1. The molecule has 3 rings (SSSR count). The summed E-state index contributed by atoms with van der Waals surface area (Å²) in [5.74, 6) is 0.670. The molecule has 0 fully saturated rings. The van der Waals surface area contributed by atoms with Crippen molar-refractivity contribution in [3.63, 3.8) is 0 Å². The van der Waals surface area contributed by atoms with Crippen molar-refractivity contribution in [2.45, 2.75) is 64.3 Å². The number of unbranched alkanes of at least 4 members (excludes halogenated alkanes) is 3. The van der Waals surface area contributed by atoms with E-state index in [0.29, 0.717) is 11.8 Å². The Morgan fingerprint density at radius 3 is 2.65 bits per heavy atom. The molecule has 2 aromatic carbocycles. The van der Waals surface area contributed by atoms with E-state index in [1.165, 1.54) is 19.3 Å². The van der Waals surface area contributed by atoms with E-state index >= 15 is 0 Å². The van der Waals surface area contributed by atoms with Crippen molar-refractivity contribution in [3.05, 3.63) is 47.0 Å². The van der Waals surface area contributed by atoms with E-state index in [1.54, 1.807) is 19.2 Å². The number of hydrogen-bond donors (Lipinski definition) is 4. The minimum Gasteiger partial charge on any atom is -0.504 e. The fraction of sp³-hybridized carbons (Fsp3) is 0.520. The molecule has 1 aliphatic carbocycles. The second-order valence-electron chi connectivity index (χ2n) is 8.39. The molecule has 6 heteroatoms. The number of fused-ring (bicyclic) bond motifs is 1. The van der Waals surface area contributed by atoms with E-state index in [9.17, 15) is 15.3 Å². The zero-order chi connectivity index (χ0) is 22.2. The predicted octanol–water partition coefficient (Wildman–Crippen LogP) is 4.30. The summed E-state index contributed by atoms with van der Waals surface area (Å²) in [6.45, 7) is 4.01. The Morgan fingerprint density at radius 1 is 1.06 bits per heavy atom. The Kier molecular flexibility index (Phi) is 8.43. The van der Waals surface area contributed by atoms with Gasteiger partial charge in [0.1, 0.15) is 0 Å². The molecule has 0 bridgehead atoms. The predicted molar refractivity (Wildman–Crippen MR) is 123 cm³/mol. The standard InChI is InChI=1S/C25H36N2O4/c1-3-4-5-6-15-27(26-14-13-18-7-11-22(28)24(16-18)31-2)20-9-10-21-19(17-20)8-12-23(29)25(21)30/h7-8,11-12,16,20,26,28-30H,3-6,9-10,13-15,17H2,1-2H3. The molecule has 2 aromatic rings. The summed E-state index contributed by atoms with van der Waals surface area (Å²) in [5.41, 5.74) is 6.76. The molecule has 0 saturated heterocycles. The topological polar surface area (TPSA) is 85.2 Å². The zero-order valence-electron chi connectivity index (χ0n) is 18.7. The highest BCUT2D eigenvalue weighted by Crippen LogP contribution is 2.36. The fourth-order valence-electron chi connectivity index (χ4n) is 4.39. The van der Waals surface area contributed by atoms with Crippen LogP contribution < -0.4 is 10.2 Å². The average molecular weight is 429 g/mol. The number of methoxy groups -OCH3 is 1. The van der Waals surface area contributed by atoms with Crippen LogP contribution in [-0.2, 0) is 19.3 Å². The zero-order valence-corrected chi connectivity index (χ0v) is 18.7. The maximum absolute atomic E-state index is 10.2. The van der Waals surface area contributed by atoms with Crippen molar-refractivity contribution in [1.82, 2.24) is 10.4 Å². The smallest absolute Gasteiger partial charge is 0.160 e. The van der Waals surface area contributed by atoms with Gasteiger partial charge in [-0.05, 0) is 61.4 Å². The van der Waals surface area contributed by atoms with Gasteiger partial charge in [-0.1, -0.05) is 38.3 Å². The third-order valence-corrected chi connectivity index (χ3v) is 6.21. The number of phenolic OH excluding ortho intramolecular Hbond substituents is 3. The molecule has 0 amide bonds. The normalized spacial score (nSPS) is 15.8. The molecular formula is C25H36N2O4. The monoisotopic (exact) mass is 428 g/mol. The van der Waals surface area contributed by atoms with Crippen molar-refractivity contribution in [3.8, 4) is 23.0 Å². The second kappa shape index (κ2) is 11.3. The Morgan fingerprint density at radius 2 is 1.87 bits per heavy atom. The molecule has 31 heavy (non-hydrogen) atoms. The number of rotatable bonds is 11. The van der Waals surface area contributed by atoms with Crippen LogP contribution in [0.25, 0.3) is 0 Å². The number of benzene rings is 2. The highest BCUT2D eigenvalue weighted by atomic mass is 16.5. The summed E-state index contributed by atoms with van der Waals surface area (Å²) in [6.07, 6.45) is 8.24. The first-order valence-corrected chi connectivity index (χ1v) is 11.4. The minimum atomic E-state index is -0.0314. The van der Waals surface area contributed by atoms with Crippen LogP contribution >= 0.6 is 0 Å². The summed E-state index contributed by atoms with van der Waals surface area (Å²) >= 11 is 0. The highest BCUT2D eigenvalue weighted by Gasteiger charge is 2.26. The molecule has 0 heterocycles. The van der Waals surface area contributed by atoms with Gasteiger partial charge < -0.3 is 20.1 Å². The molecule has 1 atom stereocenters. The van der Waals surface area contributed by atoms with Gasteiger partial charge >= 0.3 is 0 Å². The lowest BCUT2D eigenvalue weighted by Crippen LogP contribution is -2.49. The number of aromatic hydroxyl groups is 3. The van der Waals surface area contributed by atoms with Gasteiger partial charge in [-0.15, -0.1) is 0 Å². The van der Waals surface area contributed by atoms with Crippen LogP contribution in [0.2, 0.25) is 0 Å². The summed E-state index contributed by atoms with van der Waals surface area (Å²) < 4.78 is 5.22. The van der Waals surface area contributed by atoms with Crippen LogP contribution in [0.4, 0.5) is 0 Å². The van der Waals surface area contributed by atoms with E-state index in [2.05, 4.69) is 17.4 Å². The van der Waals surface area contributed by atoms with Gasteiger partial charge in [0, 0.05) is 24.7 Å². The van der Waals surface area contributed by atoms with E-state index in [1.807, 2.05) is 18.2 Å². The number of phenols is 3. The molecular weight excluding hydrogens is 392 g/mol. The van der Waals surface area contributed by atoms with Gasteiger partial charge in [0.15, 0.2) is 23.0 Å². The van der Waals surface area contributed by atoms with Crippen LogP contribution in [0.1, 0.15) is 55.7 Å². The van der Waals surface area contributed by atoms with Crippen molar-refractivity contribution in [2.24, 2.45) is 0 Å². The Labute approximate surface area is 185 Å². The number of hydrogen-bond acceptors (Lipinski definition) is 6. The van der Waals surface area contributed by atoms with E-state index in [-0.39, 0.29) is 17.2 Å². The van der Waals surface area contributed by atoms with Crippen molar-refractivity contribution in [2.75, 3.05) is 20.2 Å². The summed E-state index contributed by atoms with van der Waals surface area (Å²) in [6, 6.07) is 9.37. The molecule has 0 aliphatic heterocycles. The Bertz CT molecular complexity index is 856. The molecule has 1 unspecified atom stereocenters. The largest absolute Gasteiger partial charge is 0.504 e. The SMILES string of the molecule is CCCCCCN(NCCc1ccc(O)c(OC)c1)C1CCc2c(ccc(O)c2O)C1. The van der Waals surface area contributed by atoms with Crippen LogP contribution in [0, 0.1) is 0 Å². The van der Waals surface area contributed by atoms with Gasteiger partial charge in [0.25, 0.3) is 0 Å². The van der Waals surface area contributed by atoms with Gasteiger partial charge in [0.2, 0.25) is 0 Å². The average Bonchev–Trinajstić information content (AvgIpc) is 2.78. The summed E-state index contributed by atoms with van der Waals surface area (Å²) in [5, 5.41) is 32.2. The van der Waals surface area contributed by atoms with Gasteiger partial charge in [-0.3, -0.25) is 5.43 Å². The molecule has 0 spiro atoms. The van der Waals surface area contributed by atoms with Gasteiger partial charge in [-0.2, -0.15) is 0 Å². The van der Waals surface area contributed by atoms with Gasteiger partial charge in [0.05, 0.1) is 7.11 Å². The van der Waals surface area contributed by atoms with E-state index < -0.39 is 0 Å². The maximum Gasteiger partial charge on any atom is 0.160 e. The molecule has 1 aliphatic rings. The summed E-state index contributed by atoms with van der Waals surface area (Å²) in [4.78, 5) is 0. The van der Waals surface area contributed by atoms with Crippen LogP contribution in [0.15, 0.2) is 30.3 Å². The molecule has 6 nitrogen and oxygen atoms in total. The Balaban J connectivity index is 1.63. The third-order valence-electron chi connectivity index (χ3n) is 6.21. The van der Waals surface area contributed by atoms with E-state index in [0.717, 1.165) is 61.9 Å². The first-order valence-electron chi connectivity index (χ1n) is 11.4. The van der Waals surface area contributed by atoms with Crippen molar-refractivity contribution >= 4 is 0 Å². The molecule has 0 saturated carbocycles. The first kappa shape index (κ1) is 23.2. The van der Waals surface area contributed by atoms with Crippen LogP contribution in [0.5, 0.6) is 23.0 Å². The Hall–Kier alpha value is -2.44. The molecule has 4 N–H and O–H groups in total. The molecule has 0 radical (unpaired) electrons. The third kappa shape index (κ3) is 6.05. The molecule has 170 valence electrons. The summed E-state index contributed by atoms with van der Waals surface area (Å²) in [7, 11) is 1.56. The highest BCUT2D eigenvalue weighted by molar-refractivity contribution is 5.50. The number of nitrogens with one attached hydrogen (secondary N) is 1. The number of ether oxygens (including phenoxy) is 1. The quantitative estimate of drug-likeness (QED) is 0.243. The van der Waals surface area contributed by atoms with Crippen LogP contribution in [-0.4, -0.2) is 46.6 Å².